The first-order valence-corrected chi connectivity index (χ1v) is 23.7. The molecule has 2 bridgehead atoms. The molecule has 66 heavy (non-hydrogen) atoms. The Morgan fingerprint density at radius 1 is 0.924 bits per heavy atom. The number of aliphatic hydroxyl groups is 3. The van der Waals surface area contributed by atoms with Gasteiger partial charge >= 0.3 is 11.9 Å². The summed E-state index contributed by atoms with van der Waals surface area (Å²) in [5, 5.41) is 46.1. The molecule has 14 atom stereocenters. The number of methoxy groups -OCH3 is 3. The number of aliphatic carboxylic acids is 1. The molecule has 3 aliphatic heterocycles. The van der Waals surface area contributed by atoms with Gasteiger partial charge in [0.15, 0.2) is 0 Å². The Morgan fingerprint density at radius 3 is 2.27 bits per heavy atom. The van der Waals surface area contributed by atoms with E-state index in [9.17, 15) is 44.1 Å². The van der Waals surface area contributed by atoms with Gasteiger partial charge in [-0.3, -0.25) is 24.0 Å². The van der Waals surface area contributed by atoms with Crippen molar-refractivity contribution in [1.29, 1.82) is 0 Å². The van der Waals surface area contributed by atoms with Crippen LogP contribution in [0.5, 0.6) is 0 Å². The third kappa shape index (κ3) is 14.6. The molecule has 1 saturated carbocycles. The number of esters is 1. The van der Waals surface area contributed by atoms with Crippen molar-refractivity contribution in [2.24, 2.45) is 29.6 Å². The number of carboxylic acid groups (broad SMARTS) is 1. The van der Waals surface area contributed by atoms with Crippen molar-refractivity contribution in [3.63, 3.8) is 0 Å². The fraction of sp³-hybridized carbons (Fsp3) is 0.755. The van der Waals surface area contributed by atoms with Crippen molar-refractivity contribution < 1.29 is 72.9 Å². The molecule has 17 nitrogen and oxygen atoms in total. The van der Waals surface area contributed by atoms with Crippen LogP contribution in [-0.2, 0) is 52.5 Å². The number of rotatable bonds is 12. The van der Waals surface area contributed by atoms with Gasteiger partial charge in [-0.1, -0.05) is 44.6 Å². The molecule has 4 rings (SSSR count). The number of nitrogens with one attached hydrogen (secondary N) is 1. The Bertz CT molecular complexity index is 1780. The maximum Gasteiger partial charge on any atom is 0.329 e. The van der Waals surface area contributed by atoms with Crippen molar-refractivity contribution >= 4 is 35.3 Å². The molecular formula is C49H76N2O15. The van der Waals surface area contributed by atoms with E-state index in [0.717, 1.165) is 10.5 Å². The number of carboxylic acids is 1. The maximum absolute atomic E-state index is 14.5. The summed E-state index contributed by atoms with van der Waals surface area (Å²) in [5.74, 6) is -10.1. The van der Waals surface area contributed by atoms with E-state index in [1.807, 2.05) is 26.0 Å². The molecule has 0 aromatic carbocycles. The lowest BCUT2D eigenvalue weighted by atomic mass is 9.81. The first-order valence-electron chi connectivity index (χ1n) is 23.7. The fourth-order valence-corrected chi connectivity index (χ4v) is 10.1. The molecule has 0 radical (unpaired) electrons. The smallest absolute Gasteiger partial charge is 0.329 e. The van der Waals surface area contributed by atoms with Gasteiger partial charge < -0.3 is 54.3 Å². The topological polar surface area (TPSA) is 245 Å². The van der Waals surface area contributed by atoms with E-state index in [2.05, 4.69) is 5.32 Å². The van der Waals surface area contributed by atoms with Crippen LogP contribution < -0.4 is 5.32 Å². The number of nitrogens with zero attached hydrogens (tertiary/aromatic N) is 1. The highest BCUT2D eigenvalue weighted by molar-refractivity contribution is 6.39. The molecule has 17 heteroatoms. The van der Waals surface area contributed by atoms with Gasteiger partial charge in [0.1, 0.15) is 24.0 Å². The molecule has 0 aromatic rings. The summed E-state index contributed by atoms with van der Waals surface area (Å²) in [7, 11) is 4.52. The normalized spacial score (nSPS) is 37.0. The summed E-state index contributed by atoms with van der Waals surface area (Å²) < 4.78 is 29.8. The van der Waals surface area contributed by atoms with Gasteiger partial charge in [-0.05, 0) is 108 Å². The predicted molar refractivity (Wildman–Crippen MR) is 241 cm³/mol. The largest absolute Gasteiger partial charge is 0.481 e. The second kappa shape index (κ2) is 25.5. The minimum Gasteiger partial charge on any atom is -0.481 e. The number of aliphatic hydroxyl groups excluding tert-OH is 2. The summed E-state index contributed by atoms with van der Waals surface area (Å²) >= 11 is 0. The predicted octanol–water partition coefficient (Wildman–Crippen LogP) is 3.99. The summed E-state index contributed by atoms with van der Waals surface area (Å²) in [4.78, 5) is 82.0. The van der Waals surface area contributed by atoms with E-state index in [4.69, 9.17) is 28.8 Å². The van der Waals surface area contributed by atoms with Crippen LogP contribution in [0.15, 0.2) is 35.5 Å². The second-order valence-corrected chi connectivity index (χ2v) is 19.2. The lowest BCUT2D eigenvalue weighted by Gasteiger charge is -2.47. The van der Waals surface area contributed by atoms with E-state index in [1.165, 1.54) is 27.4 Å². The minimum atomic E-state index is -2.57. The number of hydrogen-bond donors (Lipinski definition) is 5. The summed E-state index contributed by atoms with van der Waals surface area (Å²) in [6, 6.07) is -1.20. The number of Topliss-reactive ketones (excluding diaryl/α,β-unsaturated/α-hetero) is 2. The van der Waals surface area contributed by atoms with E-state index < -0.39 is 102 Å². The Balaban J connectivity index is 1.77. The molecule has 2 saturated heterocycles. The Kier molecular flexibility index (Phi) is 21.2. The number of carbonyl (C=O) groups is 6. The zero-order valence-corrected chi connectivity index (χ0v) is 40.1. The van der Waals surface area contributed by atoms with Crippen molar-refractivity contribution in [3.8, 4) is 0 Å². The van der Waals surface area contributed by atoms with Crippen LogP contribution >= 0.6 is 0 Å². The Morgan fingerprint density at radius 2 is 1.61 bits per heavy atom. The van der Waals surface area contributed by atoms with Crippen molar-refractivity contribution in [1.82, 2.24) is 10.2 Å². The van der Waals surface area contributed by atoms with E-state index in [0.29, 0.717) is 50.5 Å². The number of allylic oxidation sites excluding steroid dienone is 4. The van der Waals surface area contributed by atoms with Crippen LogP contribution in [0.2, 0.25) is 0 Å². The fourth-order valence-electron chi connectivity index (χ4n) is 10.1. The lowest BCUT2D eigenvalue weighted by molar-refractivity contribution is -0.302. The quantitative estimate of drug-likeness (QED) is 0.0611. The van der Waals surface area contributed by atoms with E-state index >= 15 is 0 Å². The number of cyclic esters (lactones) is 1. The summed E-state index contributed by atoms with van der Waals surface area (Å²) in [6.45, 7) is 9.12. The molecular weight excluding hydrogens is 857 g/mol. The standard InChI is InChI=1S/C49H76N2O15/c1-28-21-29(2)23-40(63-7)45-41(64-8)25-31(4)49(61,66-45)46(58)47(59)51-20-10-9-14-35(51)48(60)65-44(30(3)24-33-17-18-36(52)39(26-33)62-6)32(5)37(53)27-38(54)34(22-28)13-11-15-42(55)50-19-12-16-43(56)57/h11,15,22,24,29,31-37,39-41,44-45,52-53,61H,9-10,12-14,16-21,23,25-27H2,1-8H3,(H,50,55)(H,56,57)/b15-11+,28-22+,30-24+/t29-,31+,32+,33-,34+,35-,36+,37-,39+,40-,41-,44+,45+,49+/m0/s1. The molecule has 3 heterocycles. The zero-order chi connectivity index (χ0) is 48.9. The van der Waals surface area contributed by atoms with Crippen LogP contribution in [0.25, 0.3) is 0 Å². The van der Waals surface area contributed by atoms with Gasteiger partial charge in [0, 0.05) is 65.0 Å². The van der Waals surface area contributed by atoms with Crippen molar-refractivity contribution in [2.45, 2.75) is 173 Å². The van der Waals surface area contributed by atoms with Crippen LogP contribution in [0.3, 0.4) is 0 Å². The second-order valence-electron chi connectivity index (χ2n) is 19.2. The molecule has 372 valence electrons. The number of ether oxygens (including phenoxy) is 5. The average molecular weight is 933 g/mol. The van der Waals surface area contributed by atoms with Gasteiger partial charge in [0.25, 0.3) is 11.7 Å². The number of fused-ring (bicyclic) bond motifs is 3. The molecule has 0 spiro atoms. The van der Waals surface area contributed by atoms with Crippen molar-refractivity contribution in [3.05, 3.63) is 35.5 Å². The summed E-state index contributed by atoms with van der Waals surface area (Å²) in [6.07, 6.45) is 4.68. The third-order valence-electron chi connectivity index (χ3n) is 14.0. The maximum atomic E-state index is 14.5. The molecule has 0 unspecified atom stereocenters. The van der Waals surface area contributed by atoms with Gasteiger partial charge in [-0.25, -0.2) is 4.79 Å². The first kappa shape index (κ1) is 54.8. The highest BCUT2D eigenvalue weighted by atomic mass is 16.7. The van der Waals surface area contributed by atoms with Crippen LogP contribution in [-0.4, -0.2) is 150 Å². The number of carbonyl (C=O) groups excluding carboxylic acids is 5. The van der Waals surface area contributed by atoms with Gasteiger partial charge in [0.2, 0.25) is 11.7 Å². The number of amides is 2. The highest BCUT2D eigenvalue weighted by Crippen LogP contribution is 2.39. The van der Waals surface area contributed by atoms with E-state index in [1.54, 1.807) is 26.8 Å². The Hall–Kier alpha value is -3.84. The molecule has 5 N–H and O–H groups in total. The van der Waals surface area contributed by atoms with Crippen LogP contribution in [0.4, 0.5) is 0 Å². The van der Waals surface area contributed by atoms with Crippen molar-refractivity contribution in [2.75, 3.05) is 34.4 Å². The number of ketones is 2. The molecule has 2 amide bonds. The SMILES string of the molecule is CO[C@H]1C[C@@H](C)C/C(C)=C/[C@@H](C/C=C/C(=O)NCCCC(=O)O)C(=O)C[C@H](O)[C@@H](C)[C@@H](/C(C)=C/[C@@H]2CC[C@@H](O)[C@H](OC)C2)OC(=O)[C@@H]2CCCCN2C(=O)C(=O)[C@]2(O)O[C@H]1[C@@H](OC)C[C@H]2C. The minimum absolute atomic E-state index is 0.0423. The van der Waals surface area contributed by atoms with Gasteiger partial charge in [-0.2, -0.15) is 0 Å². The van der Waals surface area contributed by atoms with Gasteiger partial charge in [0.05, 0.1) is 30.5 Å². The average Bonchev–Trinajstić information content (AvgIpc) is 3.28. The van der Waals surface area contributed by atoms with E-state index in [-0.39, 0.29) is 69.2 Å². The number of piperidine rings is 1. The number of hydrogen-bond acceptors (Lipinski definition) is 14. The summed E-state index contributed by atoms with van der Waals surface area (Å²) in [5.41, 5.74) is 1.43. The van der Waals surface area contributed by atoms with Crippen LogP contribution in [0, 0.1) is 29.6 Å². The third-order valence-corrected chi connectivity index (χ3v) is 14.0. The lowest BCUT2D eigenvalue weighted by Crippen LogP contribution is -2.64. The zero-order valence-electron chi connectivity index (χ0n) is 40.1. The monoisotopic (exact) mass is 933 g/mol. The Labute approximate surface area is 389 Å². The van der Waals surface area contributed by atoms with Gasteiger partial charge in [-0.15, -0.1) is 0 Å². The highest BCUT2D eigenvalue weighted by Gasteiger charge is 2.56. The van der Waals surface area contributed by atoms with Crippen LogP contribution in [0.1, 0.15) is 118 Å². The molecule has 3 fully saturated rings. The molecule has 0 aromatic heterocycles. The first-order chi connectivity index (χ1) is 31.2. The molecule has 4 aliphatic rings. The molecule has 1 aliphatic carbocycles.